The fraction of sp³-hybridized carbons (Fsp3) is 0.929. The van der Waals surface area contributed by atoms with Gasteiger partial charge >= 0.3 is 5.97 Å². The number of hydrogen-bond donors (Lipinski definition) is 0. The molecule has 96 valence electrons. The Balaban J connectivity index is 3.63. The van der Waals surface area contributed by atoms with Crippen LogP contribution in [-0.4, -0.2) is 12.1 Å². The molecule has 0 aliphatic heterocycles. The molecule has 0 saturated carbocycles. The third-order valence-corrected chi connectivity index (χ3v) is 3.29. The van der Waals surface area contributed by atoms with Crippen LogP contribution in [0.15, 0.2) is 0 Å². The minimum atomic E-state index is -0.168. The maximum atomic E-state index is 10.8. The zero-order valence-electron chi connectivity index (χ0n) is 11.6. The van der Waals surface area contributed by atoms with Gasteiger partial charge in [-0.3, -0.25) is 4.79 Å². The average molecular weight is 228 g/mol. The van der Waals surface area contributed by atoms with Crippen LogP contribution >= 0.6 is 0 Å². The molecule has 0 aromatic carbocycles. The Bertz CT molecular complexity index is 189. The summed E-state index contributed by atoms with van der Waals surface area (Å²) in [5, 5.41) is 0. The van der Waals surface area contributed by atoms with Crippen LogP contribution in [0.3, 0.4) is 0 Å². The van der Waals surface area contributed by atoms with E-state index in [0.717, 1.165) is 12.3 Å². The topological polar surface area (TPSA) is 26.3 Å². The molecule has 0 heterocycles. The first-order valence-electron chi connectivity index (χ1n) is 6.64. The lowest BCUT2D eigenvalue weighted by Crippen LogP contribution is -2.20. The first-order chi connectivity index (χ1) is 7.47. The summed E-state index contributed by atoms with van der Waals surface area (Å²) in [5.41, 5.74) is 0. The van der Waals surface area contributed by atoms with Crippen LogP contribution in [0.4, 0.5) is 0 Å². The van der Waals surface area contributed by atoms with Gasteiger partial charge < -0.3 is 4.74 Å². The van der Waals surface area contributed by atoms with Gasteiger partial charge in [-0.05, 0) is 25.2 Å². The van der Waals surface area contributed by atoms with Gasteiger partial charge in [0.1, 0.15) is 6.10 Å². The van der Waals surface area contributed by atoms with Gasteiger partial charge in [0.15, 0.2) is 0 Å². The third kappa shape index (κ3) is 7.72. The van der Waals surface area contributed by atoms with E-state index in [9.17, 15) is 4.79 Å². The van der Waals surface area contributed by atoms with Gasteiger partial charge in [0.25, 0.3) is 0 Å². The molecule has 0 N–H and O–H groups in total. The Hall–Kier alpha value is -0.530. The zero-order chi connectivity index (χ0) is 12.6. The van der Waals surface area contributed by atoms with Gasteiger partial charge in [0.2, 0.25) is 0 Å². The van der Waals surface area contributed by atoms with Gasteiger partial charge in [-0.25, -0.2) is 0 Å². The minimum Gasteiger partial charge on any atom is -0.463 e. The lowest BCUT2D eigenvalue weighted by Gasteiger charge is -2.20. The van der Waals surface area contributed by atoms with Gasteiger partial charge in [0.05, 0.1) is 0 Å². The maximum absolute atomic E-state index is 10.8. The van der Waals surface area contributed by atoms with Crippen molar-refractivity contribution in [2.75, 3.05) is 0 Å². The highest BCUT2D eigenvalue weighted by atomic mass is 16.5. The molecule has 16 heavy (non-hydrogen) atoms. The molecule has 0 unspecified atom stereocenters. The van der Waals surface area contributed by atoms with Crippen LogP contribution < -0.4 is 0 Å². The predicted molar refractivity (Wildman–Crippen MR) is 68.3 cm³/mol. The van der Waals surface area contributed by atoms with Crippen LogP contribution in [0.2, 0.25) is 0 Å². The molecule has 0 aromatic rings. The molecule has 0 bridgehead atoms. The van der Waals surface area contributed by atoms with Gasteiger partial charge in [-0.2, -0.15) is 0 Å². The van der Waals surface area contributed by atoms with Gasteiger partial charge in [0, 0.05) is 6.92 Å². The summed E-state index contributed by atoms with van der Waals surface area (Å²) in [6.07, 6.45) is 6.36. The molecule has 0 rings (SSSR count). The third-order valence-electron chi connectivity index (χ3n) is 3.29. The Kier molecular flexibility index (Phi) is 8.32. The summed E-state index contributed by atoms with van der Waals surface area (Å²) in [7, 11) is 0. The normalized spacial score (nSPS) is 16.6. The summed E-state index contributed by atoms with van der Waals surface area (Å²) in [4.78, 5) is 10.8. The highest BCUT2D eigenvalue weighted by Gasteiger charge is 2.14. The highest BCUT2D eigenvalue weighted by Crippen LogP contribution is 2.19. The number of rotatable bonds is 8. The molecular formula is C14H28O2. The molecule has 0 spiro atoms. The first kappa shape index (κ1) is 15.5. The lowest BCUT2D eigenvalue weighted by molar-refractivity contribution is -0.147. The Morgan fingerprint density at radius 1 is 1.12 bits per heavy atom. The number of ether oxygens (including phenoxy) is 1. The maximum Gasteiger partial charge on any atom is 0.302 e. The van der Waals surface area contributed by atoms with Crippen molar-refractivity contribution in [2.24, 2.45) is 11.8 Å². The van der Waals surface area contributed by atoms with Crippen molar-refractivity contribution < 1.29 is 9.53 Å². The Morgan fingerprint density at radius 2 is 1.75 bits per heavy atom. The molecular weight excluding hydrogens is 200 g/mol. The molecule has 0 fully saturated rings. The van der Waals surface area contributed by atoms with Crippen LogP contribution in [0, 0.1) is 11.8 Å². The molecule has 2 nitrogen and oxygen atoms in total. The van der Waals surface area contributed by atoms with Gasteiger partial charge in [-0.15, -0.1) is 0 Å². The molecule has 0 aromatic heterocycles. The minimum absolute atomic E-state index is 0.0546. The van der Waals surface area contributed by atoms with E-state index < -0.39 is 0 Å². The second-order valence-electron chi connectivity index (χ2n) is 5.12. The van der Waals surface area contributed by atoms with E-state index in [1.807, 2.05) is 6.92 Å². The number of esters is 1. The van der Waals surface area contributed by atoms with E-state index in [1.165, 1.54) is 32.6 Å². The summed E-state index contributed by atoms with van der Waals surface area (Å²) >= 11 is 0. The molecule has 2 heteroatoms. The Morgan fingerprint density at radius 3 is 2.25 bits per heavy atom. The van der Waals surface area contributed by atoms with Crippen molar-refractivity contribution >= 4 is 5.97 Å². The van der Waals surface area contributed by atoms with Crippen LogP contribution in [0.5, 0.6) is 0 Å². The van der Waals surface area contributed by atoms with E-state index in [2.05, 4.69) is 20.8 Å². The second kappa shape index (κ2) is 8.60. The zero-order valence-corrected chi connectivity index (χ0v) is 11.6. The van der Waals surface area contributed by atoms with E-state index in [1.54, 1.807) is 0 Å². The molecule has 0 amide bonds. The molecule has 0 saturated heterocycles. The van der Waals surface area contributed by atoms with Gasteiger partial charge in [-0.1, -0.05) is 46.5 Å². The van der Waals surface area contributed by atoms with Crippen molar-refractivity contribution in [2.45, 2.75) is 72.8 Å². The van der Waals surface area contributed by atoms with Crippen LogP contribution in [0.1, 0.15) is 66.7 Å². The lowest BCUT2D eigenvalue weighted by atomic mass is 9.93. The quantitative estimate of drug-likeness (QED) is 0.582. The first-order valence-corrected chi connectivity index (χ1v) is 6.64. The van der Waals surface area contributed by atoms with Crippen molar-refractivity contribution in [1.82, 2.24) is 0 Å². The van der Waals surface area contributed by atoms with E-state index in [0.29, 0.717) is 5.92 Å². The Labute approximate surface area is 101 Å². The highest BCUT2D eigenvalue weighted by molar-refractivity contribution is 5.66. The van der Waals surface area contributed by atoms with E-state index in [-0.39, 0.29) is 12.1 Å². The smallest absolute Gasteiger partial charge is 0.302 e. The SMILES string of the molecule is CCC[C@H](C)CCC[C@@H](C)[C@@H](C)OC(C)=O. The number of hydrogen-bond acceptors (Lipinski definition) is 2. The average Bonchev–Trinajstić information content (AvgIpc) is 2.16. The largest absolute Gasteiger partial charge is 0.463 e. The predicted octanol–water partition coefficient (Wildman–Crippen LogP) is 4.18. The summed E-state index contributed by atoms with van der Waals surface area (Å²) < 4.78 is 5.18. The van der Waals surface area contributed by atoms with Crippen molar-refractivity contribution in [3.8, 4) is 0 Å². The monoisotopic (exact) mass is 228 g/mol. The number of carbonyl (C=O) groups is 1. The van der Waals surface area contributed by atoms with Crippen molar-refractivity contribution in [3.05, 3.63) is 0 Å². The summed E-state index contributed by atoms with van der Waals surface area (Å²) in [6.45, 7) is 10.2. The van der Waals surface area contributed by atoms with Crippen molar-refractivity contribution in [3.63, 3.8) is 0 Å². The summed E-state index contributed by atoms with van der Waals surface area (Å²) in [5.74, 6) is 1.14. The molecule has 0 aliphatic rings. The second-order valence-corrected chi connectivity index (χ2v) is 5.12. The van der Waals surface area contributed by atoms with Crippen molar-refractivity contribution in [1.29, 1.82) is 0 Å². The van der Waals surface area contributed by atoms with E-state index in [4.69, 9.17) is 4.74 Å². The standard InChI is InChI=1S/C14H28O2/c1-6-8-11(2)9-7-10-12(3)13(4)16-14(5)15/h11-13H,6-10H2,1-5H3/t11-,12+,13+/m0/s1. The summed E-state index contributed by atoms with van der Waals surface area (Å²) in [6, 6.07) is 0. The molecule has 3 atom stereocenters. The fourth-order valence-electron chi connectivity index (χ4n) is 2.04. The van der Waals surface area contributed by atoms with Crippen LogP contribution in [-0.2, 0) is 9.53 Å². The molecule has 0 radical (unpaired) electrons. The van der Waals surface area contributed by atoms with E-state index >= 15 is 0 Å². The number of carbonyl (C=O) groups excluding carboxylic acids is 1. The fourth-order valence-corrected chi connectivity index (χ4v) is 2.04. The van der Waals surface area contributed by atoms with Crippen LogP contribution in [0.25, 0.3) is 0 Å². The molecule has 0 aliphatic carbocycles.